The van der Waals surface area contributed by atoms with Crippen LogP contribution in [0.25, 0.3) is 11.1 Å². The maximum absolute atomic E-state index is 13.5. The van der Waals surface area contributed by atoms with Crippen molar-refractivity contribution in [2.45, 2.75) is 18.5 Å². The lowest BCUT2D eigenvalue weighted by Crippen LogP contribution is -2.51. The van der Waals surface area contributed by atoms with Gasteiger partial charge in [0, 0.05) is 6.54 Å². The number of anilines is 1. The number of thiophene rings is 1. The Morgan fingerprint density at radius 1 is 1.06 bits per heavy atom. The Balaban J connectivity index is 1.30. The van der Waals surface area contributed by atoms with Crippen molar-refractivity contribution in [1.29, 1.82) is 0 Å². The van der Waals surface area contributed by atoms with Gasteiger partial charge in [0.05, 0.1) is 22.2 Å². The summed E-state index contributed by atoms with van der Waals surface area (Å²) >= 11 is 1.34. The van der Waals surface area contributed by atoms with Gasteiger partial charge in [-0.25, -0.2) is 0 Å². The van der Waals surface area contributed by atoms with Gasteiger partial charge in [-0.15, -0.1) is 11.3 Å². The predicted molar refractivity (Wildman–Crippen MR) is 122 cm³/mol. The highest BCUT2D eigenvalue weighted by Crippen LogP contribution is 2.38. The van der Waals surface area contributed by atoms with Gasteiger partial charge in [0.15, 0.2) is 11.5 Å². The minimum Gasteiger partial charge on any atom is -0.454 e. The molecule has 0 spiro atoms. The van der Waals surface area contributed by atoms with E-state index in [1.165, 1.54) is 11.3 Å². The molecule has 9 heteroatoms. The van der Waals surface area contributed by atoms with Crippen LogP contribution in [0.15, 0.2) is 53.9 Å². The van der Waals surface area contributed by atoms with Crippen LogP contribution in [0.3, 0.4) is 0 Å². The summed E-state index contributed by atoms with van der Waals surface area (Å²) in [5.74, 6) is 0.582. The average Bonchev–Trinajstić information content (AvgIpc) is 3.57. The third-order valence-corrected chi connectivity index (χ3v) is 7.07. The van der Waals surface area contributed by atoms with E-state index in [0.717, 1.165) is 11.1 Å². The molecule has 3 amide bonds. The first-order valence-electron chi connectivity index (χ1n) is 10.6. The van der Waals surface area contributed by atoms with Crippen LogP contribution in [-0.4, -0.2) is 48.0 Å². The summed E-state index contributed by atoms with van der Waals surface area (Å²) in [4.78, 5) is 41.2. The van der Waals surface area contributed by atoms with Crippen molar-refractivity contribution in [2.24, 2.45) is 0 Å². The second kappa shape index (κ2) is 7.63. The number of fused-ring (bicyclic) bond motifs is 3. The summed E-state index contributed by atoms with van der Waals surface area (Å²) in [7, 11) is 0. The lowest BCUT2D eigenvalue weighted by molar-refractivity contribution is -0.120. The van der Waals surface area contributed by atoms with Crippen LogP contribution < -0.4 is 20.1 Å². The maximum atomic E-state index is 13.5. The van der Waals surface area contributed by atoms with Gasteiger partial charge in [-0.2, -0.15) is 0 Å². The van der Waals surface area contributed by atoms with Crippen molar-refractivity contribution in [3.63, 3.8) is 0 Å². The molecule has 8 nitrogen and oxygen atoms in total. The number of nitrogens with one attached hydrogen (secondary N) is 2. The average molecular weight is 461 g/mol. The molecule has 2 aromatic carbocycles. The van der Waals surface area contributed by atoms with Gasteiger partial charge in [-0.3, -0.25) is 14.4 Å². The van der Waals surface area contributed by atoms with Crippen molar-refractivity contribution in [2.75, 3.05) is 18.7 Å². The maximum Gasteiger partial charge on any atom is 0.261 e. The zero-order valence-electron chi connectivity index (χ0n) is 17.4. The lowest BCUT2D eigenvalue weighted by atomic mass is 10.0. The highest BCUT2D eigenvalue weighted by molar-refractivity contribution is 7.12. The molecule has 0 bridgehead atoms. The molecule has 2 atom stereocenters. The number of hydrogen-bond donors (Lipinski definition) is 2. The van der Waals surface area contributed by atoms with Crippen LogP contribution in [0, 0.1) is 0 Å². The minimum absolute atomic E-state index is 0.189. The molecule has 4 heterocycles. The Morgan fingerprint density at radius 2 is 1.88 bits per heavy atom. The number of ether oxygens (including phenoxy) is 2. The summed E-state index contributed by atoms with van der Waals surface area (Å²) in [6.07, 6.45) is 0.512. The van der Waals surface area contributed by atoms with Crippen LogP contribution in [0.1, 0.15) is 26.5 Å². The molecule has 0 aliphatic carbocycles. The second-order valence-corrected chi connectivity index (χ2v) is 9.05. The minimum atomic E-state index is -0.761. The standard InChI is InChI=1S/C24H19N3O5S/c28-22(20-2-1-9-33-20)26-17-7-8-27-21(17)23(29)25-16-5-3-13(10-15(16)24(27)30)14-4-6-18-19(11-14)32-12-31-18/h1-6,9-11,17,21H,7-8,12H2,(H,25,29)(H,26,28). The molecule has 2 N–H and O–H groups in total. The molecule has 6 rings (SSSR count). The third kappa shape index (κ3) is 3.32. The SMILES string of the molecule is O=C(NC1CCN2C(=O)c3cc(-c4ccc5c(c4)OCO5)ccc3NC(=O)C12)c1cccs1. The second-order valence-electron chi connectivity index (χ2n) is 8.11. The summed E-state index contributed by atoms with van der Waals surface area (Å²) < 4.78 is 10.8. The molecule has 3 aliphatic rings. The van der Waals surface area contributed by atoms with Crippen LogP contribution in [0.5, 0.6) is 11.5 Å². The van der Waals surface area contributed by atoms with Gasteiger partial charge in [0.1, 0.15) is 6.04 Å². The van der Waals surface area contributed by atoms with E-state index in [0.29, 0.717) is 40.6 Å². The first-order chi connectivity index (χ1) is 16.1. The fraction of sp³-hybridized carbons (Fsp3) is 0.208. The molecule has 0 saturated carbocycles. The quantitative estimate of drug-likeness (QED) is 0.625. The van der Waals surface area contributed by atoms with E-state index in [2.05, 4.69) is 10.6 Å². The number of rotatable bonds is 3. The Hall–Kier alpha value is -3.85. The van der Waals surface area contributed by atoms with Gasteiger partial charge < -0.3 is 25.0 Å². The zero-order valence-corrected chi connectivity index (χ0v) is 18.2. The summed E-state index contributed by atoms with van der Waals surface area (Å²) in [5.41, 5.74) is 2.60. The fourth-order valence-electron chi connectivity index (χ4n) is 4.59. The van der Waals surface area contributed by atoms with Crippen molar-refractivity contribution in [3.05, 3.63) is 64.4 Å². The molecule has 166 valence electrons. The molecular formula is C24H19N3O5S. The largest absolute Gasteiger partial charge is 0.454 e. The first-order valence-corrected chi connectivity index (χ1v) is 11.5. The van der Waals surface area contributed by atoms with Gasteiger partial charge in [-0.05, 0) is 53.3 Å². The van der Waals surface area contributed by atoms with Gasteiger partial charge in [0.2, 0.25) is 12.7 Å². The van der Waals surface area contributed by atoms with E-state index in [1.807, 2.05) is 29.6 Å². The molecular weight excluding hydrogens is 442 g/mol. The van der Waals surface area contributed by atoms with E-state index < -0.39 is 12.1 Å². The number of carbonyl (C=O) groups excluding carboxylic acids is 3. The molecule has 1 fully saturated rings. The van der Waals surface area contributed by atoms with Gasteiger partial charge in [0.25, 0.3) is 11.8 Å². The molecule has 1 aromatic heterocycles. The Kier molecular flexibility index (Phi) is 4.58. The molecule has 3 aromatic rings. The normalized spacial score (nSPS) is 20.7. The van der Waals surface area contributed by atoms with E-state index in [4.69, 9.17) is 9.47 Å². The van der Waals surface area contributed by atoms with Gasteiger partial charge >= 0.3 is 0 Å². The number of benzene rings is 2. The zero-order chi connectivity index (χ0) is 22.5. The topological polar surface area (TPSA) is 97.0 Å². The monoisotopic (exact) mass is 461 g/mol. The highest BCUT2D eigenvalue weighted by atomic mass is 32.1. The number of amides is 3. The Morgan fingerprint density at radius 3 is 2.73 bits per heavy atom. The number of hydrogen-bond acceptors (Lipinski definition) is 6. The van der Waals surface area contributed by atoms with Crippen molar-refractivity contribution < 1.29 is 23.9 Å². The van der Waals surface area contributed by atoms with Crippen molar-refractivity contribution >= 4 is 34.7 Å². The van der Waals surface area contributed by atoms with Crippen molar-refractivity contribution in [1.82, 2.24) is 10.2 Å². The number of carbonyl (C=O) groups is 3. The van der Waals surface area contributed by atoms with E-state index in [1.54, 1.807) is 29.2 Å². The molecule has 33 heavy (non-hydrogen) atoms. The van der Waals surface area contributed by atoms with E-state index >= 15 is 0 Å². The van der Waals surface area contributed by atoms with Crippen molar-refractivity contribution in [3.8, 4) is 22.6 Å². The Bertz CT molecular complexity index is 1290. The molecule has 3 aliphatic heterocycles. The third-order valence-electron chi connectivity index (χ3n) is 6.20. The molecule has 1 saturated heterocycles. The molecule has 2 unspecified atom stereocenters. The molecule has 0 radical (unpaired) electrons. The smallest absolute Gasteiger partial charge is 0.261 e. The van der Waals surface area contributed by atoms with Crippen LogP contribution in [-0.2, 0) is 4.79 Å². The predicted octanol–water partition coefficient (Wildman–Crippen LogP) is 3.11. The summed E-state index contributed by atoms with van der Waals surface area (Å²) in [5, 5.41) is 7.65. The van der Waals surface area contributed by atoms with Crippen LogP contribution >= 0.6 is 11.3 Å². The van der Waals surface area contributed by atoms with E-state index in [-0.39, 0.29) is 24.5 Å². The highest BCUT2D eigenvalue weighted by Gasteiger charge is 2.45. The number of nitrogens with zero attached hydrogens (tertiary/aromatic N) is 1. The lowest BCUT2D eigenvalue weighted by Gasteiger charge is -2.24. The van der Waals surface area contributed by atoms with Gasteiger partial charge in [-0.1, -0.05) is 18.2 Å². The van der Waals surface area contributed by atoms with E-state index in [9.17, 15) is 14.4 Å². The summed E-state index contributed by atoms with van der Waals surface area (Å²) in [6, 6.07) is 13.3. The van der Waals surface area contributed by atoms with Crippen LogP contribution in [0.4, 0.5) is 5.69 Å². The fourth-order valence-corrected chi connectivity index (χ4v) is 5.22. The summed E-state index contributed by atoms with van der Waals surface area (Å²) in [6.45, 7) is 0.577. The first kappa shape index (κ1) is 19.8. The van der Waals surface area contributed by atoms with Crippen LogP contribution in [0.2, 0.25) is 0 Å². The Labute approximate surface area is 193 Å².